The molecule has 0 aromatic heterocycles. The van der Waals surface area contributed by atoms with Gasteiger partial charge in [-0.05, 0) is 36.1 Å². The number of rotatable bonds is 0. The highest BCUT2D eigenvalue weighted by atomic mass is 127. The van der Waals surface area contributed by atoms with Crippen molar-refractivity contribution in [2.75, 3.05) is 0 Å². The number of benzene rings is 1. The summed E-state index contributed by atoms with van der Waals surface area (Å²) >= 11 is 2.39. The highest BCUT2D eigenvalue weighted by molar-refractivity contribution is 14.1. The van der Waals surface area contributed by atoms with E-state index in [1.165, 1.54) is 11.1 Å². The summed E-state index contributed by atoms with van der Waals surface area (Å²) in [7, 11) is 0. The van der Waals surface area contributed by atoms with Crippen LogP contribution < -0.4 is 0 Å². The Bertz CT molecular complexity index is 289. The van der Waals surface area contributed by atoms with E-state index in [9.17, 15) is 0 Å². The van der Waals surface area contributed by atoms with E-state index in [1.807, 2.05) is 0 Å². The van der Waals surface area contributed by atoms with E-state index in [2.05, 4.69) is 52.0 Å². The molecule has 1 heterocycles. The largest absolute Gasteiger partial charge is 0.239 e. The van der Waals surface area contributed by atoms with Crippen molar-refractivity contribution in [3.05, 3.63) is 34.4 Å². The van der Waals surface area contributed by atoms with Gasteiger partial charge in [-0.3, -0.25) is 0 Å². The summed E-state index contributed by atoms with van der Waals surface area (Å²) in [6, 6.07) is 4.45. The minimum absolute atomic E-state index is 1.11. The van der Waals surface area contributed by atoms with Crippen molar-refractivity contribution >= 4 is 22.9 Å². The van der Waals surface area contributed by atoms with Crippen LogP contribution in [0.2, 0.25) is 0 Å². The van der Waals surface area contributed by atoms with Gasteiger partial charge >= 0.3 is 0 Å². The number of fused-ring (bicyclic) bond motifs is 1. The Morgan fingerprint density at radius 1 is 1.08 bits per heavy atom. The van der Waals surface area contributed by atoms with Crippen LogP contribution in [0.5, 0.6) is 0 Å². The normalized spacial score (nSPS) is 16.6. The van der Waals surface area contributed by atoms with Crippen molar-refractivity contribution in [2.24, 2.45) is 0 Å². The number of nitrogens with zero attached hydrogens (tertiary/aromatic N) is 1. The molecule has 1 aliphatic heterocycles. The molecular weight excluding hydrogens is 261 g/mol. The summed E-state index contributed by atoms with van der Waals surface area (Å²) in [6.07, 6.45) is 0. The van der Waals surface area contributed by atoms with Crippen LogP contribution in [0, 0.1) is 13.8 Å². The lowest BCUT2D eigenvalue weighted by molar-refractivity contribution is 0.552. The fraction of sp³-hybridized carbons (Fsp3) is 0.400. The molecule has 0 bridgehead atoms. The van der Waals surface area contributed by atoms with E-state index >= 15 is 0 Å². The second-order valence-corrected chi connectivity index (χ2v) is 4.80. The minimum atomic E-state index is 1.11. The molecule has 0 fully saturated rings. The molecule has 0 saturated heterocycles. The van der Waals surface area contributed by atoms with Gasteiger partial charge in [-0.2, -0.15) is 0 Å². The van der Waals surface area contributed by atoms with Gasteiger partial charge in [-0.15, -0.1) is 0 Å². The van der Waals surface area contributed by atoms with Crippen molar-refractivity contribution in [3.63, 3.8) is 0 Å². The SMILES string of the molecule is Cc1ccc(C)c2c1CN(I)C2. The fourth-order valence-corrected chi connectivity index (χ4v) is 2.45. The van der Waals surface area contributed by atoms with Crippen molar-refractivity contribution in [1.82, 2.24) is 3.11 Å². The smallest absolute Gasteiger partial charge is 0.0341 e. The van der Waals surface area contributed by atoms with Crippen molar-refractivity contribution in [3.8, 4) is 0 Å². The standard InChI is InChI=1S/C10H12IN/c1-7-3-4-8(2)10-6-12(11)5-9(7)10/h3-4H,5-6H2,1-2H3. The van der Waals surface area contributed by atoms with Gasteiger partial charge in [0.1, 0.15) is 0 Å². The molecule has 0 unspecified atom stereocenters. The molecule has 0 amide bonds. The Morgan fingerprint density at radius 2 is 1.50 bits per heavy atom. The van der Waals surface area contributed by atoms with Crippen LogP contribution in [0.3, 0.4) is 0 Å². The van der Waals surface area contributed by atoms with Crippen molar-refractivity contribution in [1.29, 1.82) is 0 Å². The van der Waals surface area contributed by atoms with Gasteiger partial charge in [0, 0.05) is 36.0 Å². The highest BCUT2D eigenvalue weighted by Gasteiger charge is 2.19. The zero-order valence-corrected chi connectivity index (χ0v) is 9.55. The first-order valence-electron chi connectivity index (χ1n) is 4.17. The first kappa shape index (κ1) is 8.51. The fourth-order valence-electron chi connectivity index (χ4n) is 1.77. The van der Waals surface area contributed by atoms with E-state index in [0.29, 0.717) is 0 Å². The average molecular weight is 273 g/mol. The lowest BCUT2D eigenvalue weighted by Gasteiger charge is -2.04. The van der Waals surface area contributed by atoms with Gasteiger partial charge in [0.15, 0.2) is 0 Å². The van der Waals surface area contributed by atoms with Crippen molar-refractivity contribution < 1.29 is 0 Å². The van der Waals surface area contributed by atoms with Gasteiger partial charge < -0.3 is 0 Å². The maximum Gasteiger partial charge on any atom is 0.0341 e. The molecule has 0 aliphatic carbocycles. The Balaban J connectivity index is 2.56. The van der Waals surface area contributed by atoms with Crippen molar-refractivity contribution in [2.45, 2.75) is 26.9 Å². The molecule has 12 heavy (non-hydrogen) atoms. The minimum Gasteiger partial charge on any atom is -0.239 e. The molecule has 1 aromatic carbocycles. The van der Waals surface area contributed by atoms with Gasteiger partial charge in [0.05, 0.1) is 0 Å². The summed E-state index contributed by atoms with van der Waals surface area (Å²) < 4.78 is 2.34. The Kier molecular flexibility index (Phi) is 2.12. The van der Waals surface area contributed by atoms with Crippen LogP contribution in [0.25, 0.3) is 0 Å². The van der Waals surface area contributed by atoms with Crippen LogP contribution in [-0.4, -0.2) is 3.11 Å². The second kappa shape index (κ2) is 3.00. The average Bonchev–Trinajstić information content (AvgIpc) is 2.41. The van der Waals surface area contributed by atoms with Gasteiger partial charge in [-0.1, -0.05) is 12.1 Å². The molecule has 0 radical (unpaired) electrons. The summed E-state index contributed by atoms with van der Waals surface area (Å²) in [5.74, 6) is 0. The zero-order chi connectivity index (χ0) is 8.72. The highest BCUT2D eigenvalue weighted by Crippen LogP contribution is 2.30. The maximum absolute atomic E-state index is 2.39. The first-order chi connectivity index (χ1) is 5.68. The monoisotopic (exact) mass is 273 g/mol. The summed E-state index contributed by atoms with van der Waals surface area (Å²) in [5, 5.41) is 0. The van der Waals surface area contributed by atoms with Gasteiger partial charge in [0.25, 0.3) is 0 Å². The summed E-state index contributed by atoms with van der Waals surface area (Å²) in [6.45, 7) is 6.63. The lowest BCUT2D eigenvalue weighted by Crippen LogP contribution is -1.98. The quantitative estimate of drug-likeness (QED) is 0.519. The third-order valence-electron chi connectivity index (χ3n) is 2.56. The molecule has 1 nitrogen and oxygen atoms in total. The zero-order valence-electron chi connectivity index (χ0n) is 7.39. The number of halogens is 1. The predicted octanol–water partition coefficient (Wildman–Crippen LogP) is 2.97. The van der Waals surface area contributed by atoms with Crippen LogP contribution in [0.4, 0.5) is 0 Å². The number of hydrogen-bond acceptors (Lipinski definition) is 1. The van der Waals surface area contributed by atoms with E-state index < -0.39 is 0 Å². The van der Waals surface area contributed by atoms with E-state index in [4.69, 9.17) is 0 Å². The Morgan fingerprint density at radius 3 is 1.92 bits per heavy atom. The van der Waals surface area contributed by atoms with E-state index in [0.717, 1.165) is 13.1 Å². The summed E-state index contributed by atoms with van der Waals surface area (Å²) in [4.78, 5) is 0. The third kappa shape index (κ3) is 1.27. The molecule has 2 heteroatoms. The van der Waals surface area contributed by atoms with Crippen LogP contribution in [-0.2, 0) is 13.1 Å². The Labute approximate surface area is 87.3 Å². The van der Waals surface area contributed by atoms with Crippen LogP contribution >= 0.6 is 22.9 Å². The molecule has 64 valence electrons. The lowest BCUT2D eigenvalue weighted by atomic mass is 10.0. The third-order valence-corrected chi connectivity index (χ3v) is 3.24. The molecule has 0 spiro atoms. The molecule has 0 saturated carbocycles. The molecule has 0 N–H and O–H groups in total. The van der Waals surface area contributed by atoms with E-state index in [-0.39, 0.29) is 0 Å². The second-order valence-electron chi connectivity index (χ2n) is 3.44. The topological polar surface area (TPSA) is 3.24 Å². The molecule has 1 aliphatic rings. The van der Waals surface area contributed by atoms with Gasteiger partial charge in [0.2, 0.25) is 0 Å². The molecule has 2 rings (SSSR count). The molecule has 1 aromatic rings. The summed E-state index contributed by atoms with van der Waals surface area (Å²) in [5.41, 5.74) is 5.97. The van der Waals surface area contributed by atoms with E-state index in [1.54, 1.807) is 11.1 Å². The maximum atomic E-state index is 2.39. The molecule has 0 atom stereocenters. The Hall–Kier alpha value is -0.0900. The number of hydrogen-bond donors (Lipinski definition) is 0. The van der Waals surface area contributed by atoms with Gasteiger partial charge in [-0.25, -0.2) is 3.11 Å². The first-order valence-corrected chi connectivity index (χ1v) is 5.13. The predicted molar refractivity (Wildman–Crippen MR) is 59.2 cm³/mol. The number of aryl methyl sites for hydroxylation is 2. The van der Waals surface area contributed by atoms with Crippen LogP contribution in [0.1, 0.15) is 22.3 Å². The van der Waals surface area contributed by atoms with Crippen LogP contribution in [0.15, 0.2) is 12.1 Å². The molecular formula is C10H12IN.